The number of carbonyl (C=O) groups is 5. The molecule has 5 atom stereocenters. The largest absolute Gasteiger partial charge is 0.481 e. The maximum absolute atomic E-state index is 12.3. The number of thiol groups is 2. The van der Waals surface area contributed by atoms with Gasteiger partial charge in [0.25, 0.3) is 0 Å². The zero-order chi connectivity index (χ0) is 22.7. The zero-order valence-corrected chi connectivity index (χ0v) is 17.4. The van der Waals surface area contributed by atoms with Crippen molar-refractivity contribution in [3.8, 4) is 0 Å². The van der Waals surface area contributed by atoms with Crippen molar-refractivity contribution in [2.45, 2.75) is 50.0 Å². The first-order valence-electron chi connectivity index (χ1n) is 8.45. The minimum atomic E-state index is -1.59. The van der Waals surface area contributed by atoms with Crippen molar-refractivity contribution in [1.82, 2.24) is 16.0 Å². The topological polar surface area (TPSA) is 208 Å². The van der Waals surface area contributed by atoms with Crippen LogP contribution in [0, 0.1) is 0 Å². The molecular weight excluding hydrogens is 428 g/mol. The number of amides is 3. The molecule has 0 fully saturated rings. The Bertz CT molecular complexity index is 619. The molecule has 0 aliphatic rings. The van der Waals surface area contributed by atoms with Crippen LogP contribution in [0.3, 0.4) is 0 Å². The molecule has 12 nitrogen and oxygen atoms in total. The average molecular weight is 455 g/mol. The lowest BCUT2D eigenvalue weighted by Crippen LogP contribution is -2.59. The second-order valence-electron chi connectivity index (χ2n) is 6.09. The number of aliphatic hydroxyl groups excluding tert-OH is 1. The maximum Gasteiger partial charge on any atom is 0.328 e. The van der Waals surface area contributed by atoms with E-state index in [0.717, 1.165) is 0 Å². The summed E-state index contributed by atoms with van der Waals surface area (Å²) in [5, 5.41) is 33.7. The molecule has 8 N–H and O–H groups in total. The van der Waals surface area contributed by atoms with Gasteiger partial charge in [0.05, 0.1) is 12.1 Å². The number of aliphatic carboxylic acids is 2. The number of carboxylic acids is 2. The molecule has 0 aromatic rings. The fourth-order valence-electron chi connectivity index (χ4n) is 1.99. The number of carboxylic acid groups (broad SMARTS) is 2. The zero-order valence-electron chi connectivity index (χ0n) is 15.6. The van der Waals surface area contributed by atoms with E-state index < -0.39 is 59.9 Å². The van der Waals surface area contributed by atoms with Gasteiger partial charge in [-0.2, -0.15) is 25.3 Å². The van der Waals surface area contributed by atoms with Crippen molar-refractivity contribution in [2.24, 2.45) is 5.73 Å². The van der Waals surface area contributed by atoms with Gasteiger partial charge >= 0.3 is 11.9 Å². The van der Waals surface area contributed by atoms with Gasteiger partial charge in [-0.25, -0.2) is 4.79 Å². The Morgan fingerprint density at radius 3 is 1.72 bits per heavy atom. The van der Waals surface area contributed by atoms with Crippen LogP contribution in [0.1, 0.15) is 19.8 Å². The summed E-state index contributed by atoms with van der Waals surface area (Å²) in [6, 6.07) is -5.20. The Morgan fingerprint density at radius 2 is 1.34 bits per heavy atom. The number of carbonyl (C=O) groups excluding carboxylic acids is 3. The molecule has 0 aliphatic heterocycles. The highest BCUT2D eigenvalue weighted by Crippen LogP contribution is 2.00. The minimum absolute atomic E-state index is 0.139. The first kappa shape index (κ1) is 27.0. The predicted octanol–water partition coefficient (Wildman–Crippen LogP) is -3.04. The summed E-state index contributed by atoms with van der Waals surface area (Å²) in [6.07, 6.45) is -1.86. The van der Waals surface area contributed by atoms with Crippen LogP contribution in [0.5, 0.6) is 0 Å². The molecule has 0 saturated carbocycles. The molecule has 0 bridgehead atoms. The van der Waals surface area contributed by atoms with Crippen molar-refractivity contribution in [3.63, 3.8) is 0 Å². The van der Waals surface area contributed by atoms with Gasteiger partial charge in [-0.1, -0.05) is 0 Å². The molecule has 3 amide bonds. The van der Waals surface area contributed by atoms with E-state index in [2.05, 4.69) is 41.2 Å². The molecule has 0 saturated heterocycles. The standard InChI is InChI=1S/C15H26N4O8S2/c1-6(20)11(15(26)27)19-14(25)9(5-29)18-13(24)8(4-28)17-12(23)7(16)2-3-10(21)22/h6-9,11,20,28-29H,2-5,16H2,1H3,(H,17,23)(H,18,24)(H,19,25)(H,21,22)(H,26,27). The van der Waals surface area contributed by atoms with Gasteiger partial charge in [0.1, 0.15) is 12.1 Å². The molecule has 29 heavy (non-hydrogen) atoms. The van der Waals surface area contributed by atoms with Gasteiger partial charge in [0, 0.05) is 17.9 Å². The summed E-state index contributed by atoms with van der Waals surface area (Å²) < 4.78 is 0. The smallest absolute Gasteiger partial charge is 0.328 e. The summed E-state index contributed by atoms with van der Waals surface area (Å²) >= 11 is 7.89. The number of nitrogens with two attached hydrogens (primary N) is 1. The summed E-state index contributed by atoms with van der Waals surface area (Å²) in [5.41, 5.74) is 5.57. The SMILES string of the molecule is CC(O)C(NC(=O)C(CS)NC(=O)C(CS)NC(=O)C(N)CCC(=O)O)C(=O)O. The molecule has 0 rings (SSSR count). The summed E-state index contributed by atoms with van der Waals surface area (Å²) in [4.78, 5) is 58.1. The van der Waals surface area contributed by atoms with Crippen molar-refractivity contribution < 1.29 is 39.3 Å². The second kappa shape index (κ2) is 13.2. The summed E-state index contributed by atoms with van der Waals surface area (Å²) in [7, 11) is 0. The van der Waals surface area contributed by atoms with Crippen molar-refractivity contribution >= 4 is 54.9 Å². The predicted molar refractivity (Wildman–Crippen MR) is 108 cm³/mol. The Hall–Kier alpha value is -2.03. The van der Waals surface area contributed by atoms with Gasteiger partial charge in [-0.15, -0.1) is 0 Å². The Labute approximate surface area is 177 Å². The third kappa shape index (κ3) is 9.83. The number of rotatable bonds is 13. The molecule has 14 heteroatoms. The molecule has 0 aromatic carbocycles. The van der Waals surface area contributed by atoms with E-state index in [-0.39, 0.29) is 24.3 Å². The fraction of sp³-hybridized carbons (Fsp3) is 0.667. The quantitative estimate of drug-likeness (QED) is 0.129. The van der Waals surface area contributed by atoms with Gasteiger partial charge in [0.2, 0.25) is 17.7 Å². The number of hydrogen-bond donors (Lipinski definition) is 9. The normalized spacial score (nSPS) is 15.9. The van der Waals surface area contributed by atoms with Gasteiger partial charge in [-0.3, -0.25) is 19.2 Å². The van der Waals surface area contributed by atoms with Crippen LogP contribution in [-0.4, -0.2) is 86.8 Å². The molecule has 0 radical (unpaired) electrons. The first-order chi connectivity index (χ1) is 13.4. The Morgan fingerprint density at radius 1 is 0.897 bits per heavy atom. The summed E-state index contributed by atoms with van der Waals surface area (Å²) in [6.45, 7) is 1.17. The molecule has 5 unspecified atom stereocenters. The number of hydrogen-bond acceptors (Lipinski definition) is 9. The van der Waals surface area contributed by atoms with E-state index >= 15 is 0 Å². The molecular formula is C15H26N4O8S2. The van der Waals surface area contributed by atoms with E-state index in [4.69, 9.17) is 15.9 Å². The highest BCUT2D eigenvalue weighted by molar-refractivity contribution is 7.80. The van der Waals surface area contributed by atoms with Gasteiger partial charge < -0.3 is 37.0 Å². The van der Waals surface area contributed by atoms with Crippen LogP contribution in [-0.2, 0) is 24.0 Å². The number of aliphatic hydroxyl groups is 1. The molecule has 0 heterocycles. The lowest BCUT2D eigenvalue weighted by Gasteiger charge is -2.24. The highest BCUT2D eigenvalue weighted by atomic mass is 32.1. The summed E-state index contributed by atoms with van der Waals surface area (Å²) in [5.74, 6) is -5.43. The Balaban J connectivity index is 4.95. The third-order valence-corrected chi connectivity index (χ3v) is 4.41. The Kier molecular flexibility index (Phi) is 12.3. The number of nitrogens with one attached hydrogen (secondary N) is 3. The molecule has 166 valence electrons. The molecule has 0 aromatic heterocycles. The molecule has 0 aliphatic carbocycles. The lowest BCUT2D eigenvalue weighted by molar-refractivity contribution is -0.145. The third-order valence-electron chi connectivity index (χ3n) is 3.68. The fourth-order valence-corrected chi connectivity index (χ4v) is 2.51. The van der Waals surface area contributed by atoms with Gasteiger partial charge in [0.15, 0.2) is 6.04 Å². The van der Waals surface area contributed by atoms with E-state index in [0.29, 0.717) is 0 Å². The van der Waals surface area contributed by atoms with E-state index in [1.54, 1.807) is 0 Å². The van der Waals surface area contributed by atoms with Crippen LogP contribution >= 0.6 is 25.3 Å². The highest BCUT2D eigenvalue weighted by Gasteiger charge is 2.31. The lowest BCUT2D eigenvalue weighted by atomic mass is 10.1. The minimum Gasteiger partial charge on any atom is -0.481 e. The van der Waals surface area contributed by atoms with Gasteiger partial charge in [-0.05, 0) is 13.3 Å². The van der Waals surface area contributed by atoms with Crippen LogP contribution < -0.4 is 21.7 Å². The maximum atomic E-state index is 12.3. The van der Waals surface area contributed by atoms with E-state index in [1.807, 2.05) is 0 Å². The monoisotopic (exact) mass is 454 g/mol. The van der Waals surface area contributed by atoms with Crippen molar-refractivity contribution in [2.75, 3.05) is 11.5 Å². The molecule has 0 spiro atoms. The average Bonchev–Trinajstić information content (AvgIpc) is 2.64. The van der Waals surface area contributed by atoms with Crippen LogP contribution in [0.25, 0.3) is 0 Å². The van der Waals surface area contributed by atoms with Crippen LogP contribution in [0.2, 0.25) is 0 Å². The van der Waals surface area contributed by atoms with E-state index in [9.17, 15) is 29.1 Å². The second-order valence-corrected chi connectivity index (χ2v) is 6.82. The van der Waals surface area contributed by atoms with E-state index in [1.165, 1.54) is 6.92 Å². The van der Waals surface area contributed by atoms with Crippen molar-refractivity contribution in [3.05, 3.63) is 0 Å². The first-order valence-corrected chi connectivity index (χ1v) is 9.72. The van der Waals surface area contributed by atoms with Crippen molar-refractivity contribution in [1.29, 1.82) is 0 Å². The van der Waals surface area contributed by atoms with Crippen LogP contribution in [0.15, 0.2) is 0 Å². The van der Waals surface area contributed by atoms with Crippen LogP contribution in [0.4, 0.5) is 0 Å².